The van der Waals surface area contributed by atoms with Gasteiger partial charge in [-0.05, 0) is 12.1 Å². The molecule has 1 amide bonds. The van der Waals surface area contributed by atoms with Gasteiger partial charge < -0.3 is 15.1 Å². The molecule has 0 unspecified atom stereocenters. The van der Waals surface area contributed by atoms with Gasteiger partial charge in [-0.25, -0.2) is 4.98 Å². The van der Waals surface area contributed by atoms with Crippen LogP contribution < -0.4 is 10.2 Å². The van der Waals surface area contributed by atoms with Crippen molar-refractivity contribution in [1.29, 1.82) is 0 Å². The molecular formula is C16H17F3N4OS. The lowest BCUT2D eigenvalue weighted by atomic mass is 10.2. The lowest BCUT2D eigenvalue weighted by Gasteiger charge is -2.36. The van der Waals surface area contributed by atoms with Crippen LogP contribution in [0.2, 0.25) is 0 Å². The SMILES string of the molecule is O=C(CNc1ncc(C(F)(F)F)s1)N1CCN(c2ccccc2)CC1. The van der Waals surface area contributed by atoms with Crippen molar-refractivity contribution < 1.29 is 18.0 Å². The minimum atomic E-state index is -4.41. The van der Waals surface area contributed by atoms with Crippen LogP contribution in [0.1, 0.15) is 4.88 Å². The fourth-order valence-electron chi connectivity index (χ4n) is 2.60. The van der Waals surface area contributed by atoms with Gasteiger partial charge in [0.2, 0.25) is 5.91 Å². The molecule has 3 rings (SSSR count). The summed E-state index contributed by atoms with van der Waals surface area (Å²) >= 11 is 0.500. The monoisotopic (exact) mass is 370 g/mol. The molecule has 0 bridgehead atoms. The highest BCUT2D eigenvalue weighted by atomic mass is 32.1. The van der Waals surface area contributed by atoms with Crippen molar-refractivity contribution in [2.45, 2.75) is 6.18 Å². The van der Waals surface area contributed by atoms with Crippen LogP contribution in [0.3, 0.4) is 0 Å². The van der Waals surface area contributed by atoms with Crippen LogP contribution in [0.4, 0.5) is 24.0 Å². The van der Waals surface area contributed by atoms with E-state index in [1.165, 1.54) is 0 Å². The lowest BCUT2D eigenvalue weighted by Crippen LogP contribution is -2.50. The number of piperazine rings is 1. The first-order valence-corrected chi connectivity index (χ1v) is 8.60. The first-order chi connectivity index (χ1) is 11.9. The molecule has 0 atom stereocenters. The Labute approximate surface area is 147 Å². The number of benzene rings is 1. The minimum Gasteiger partial charge on any atom is -0.368 e. The summed E-state index contributed by atoms with van der Waals surface area (Å²) in [5, 5.41) is 2.78. The van der Waals surface area contributed by atoms with Crippen molar-refractivity contribution in [2.24, 2.45) is 0 Å². The van der Waals surface area contributed by atoms with E-state index in [2.05, 4.69) is 15.2 Å². The predicted octanol–water partition coefficient (Wildman–Crippen LogP) is 2.92. The third kappa shape index (κ3) is 4.41. The maximum atomic E-state index is 12.5. The van der Waals surface area contributed by atoms with Gasteiger partial charge in [-0.1, -0.05) is 29.5 Å². The highest BCUT2D eigenvalue weighted by Crippen LogP contribution is 2.34. The topological polar surface area (TPSA) is 48.5 Å². The van der Waals surface area contributed by atoms with Gasteiger partial charge in [-0.3, -0.25) is 4.79 Å². The Balaban J connectivity index is 1.47. The van der Waals surface area contributed by atoms with E-state index in [1.807, 2.05) is 30.3 Å². The van der Waals surface area contributed by atoms with Crippen molar-refractivity contribution in [3.8, 4) is 0 Å². The van der Waals surface area contributed by atoms with Gasteiger partial charge in [0.15, 0.2) is 5.13 Å². The summed E-state index contributed by atoms with van der Waals surface area (Å²) < 4.78 is 37.6. The second kappa shape index (κ2) is 7.30. The predicted molar refractivity (Wildman–Crippen MR) is 90.8 cm³/mol. The molecule has 0 radical (unpaired) electrons. The van der Waals surface area contributed by atoms with Crippen molar-refractivity contribution in [3.63, 3.8) is 0 Å². The zero-order valence-corrected chi connectivity index (χ0v) is 14.1. The standard InChI is InChI=1S/C16H17F3N4OS/c17-16(18,19)13-10-20-15(25-13)21-11-14(24)23-8-6-22(7-9-23)12-4-2-1-3-5-12/h1-5,10H,6-9,11H2,(H,20,21). The molecule has 1 aliphatic heterocycles. The van der Waals surface area contributed by atoms with Crippen LogP contribution in [0, 0.1) is 0 Å². The zero-order chi connectivity index (χ0) is 17.9. The Morgan fingerprint density at radius 2 is 1.84 bits per heavy atom. The Hall–Kier alpha value is -2.29. The summed E-state index contributed by atoms with van der Waals surface area (Å²) in [6.07, 6.45) is -3.63. The highest BCUT2D eigenvalue weighted by molar-refractivity contribution is 7.15. The number of carbonyl (C=O) groups excluding carboxylic acids is 1. The van der Waals surface area contributed by atoms with Crippen molar-refractivity contribution >= 4 is 28.1 Å². The van der Waals surface area contributed by atoms with E-state index in [4.69, 9.17) is 0 Å². The third-order valence-electron chi connectivity index (χ3n) is 3.93. The van der Waals surface area contributed by atoms with Crippen LogP contribution >= 0.6 is 11.3 Å². The van der Waals surface area contributed by atoms with Crippen LogP contribution in [0.25, 0.3) is 0 Å². The number of rotatable bonds is 4. The minimum absolute atomic E-state index is 0.0594. The first kappa shape index (κ1) is 17.5. The maximum Gasteiger partial charge on any atom is 0.427 e. The molecule has 1 N–H and O–H groups in total. The number of thiazole rings is 1. The van der Waals surface area contributed by atoms with E-state index < -0.39 is 11.1 Å². The highest BCUT2D eigenvalue weighted by Gasteiger charge is 2.33. The largest absolute Gasteiger partial charge is 0.427 e. The number of aromatic nitrogens is 1. The fraction of sp³-hybridized carbons (Fsp3) is 0.375. The van der Waals surface area contributed by atoms with Crippen LogP contribution in [0.5, 0.6) is 0 Å². The van der Waals surface area contributed by atoms with Gasteiger partial charge in [0.1, 0.15) is 4.88 Å². The number of halogens is 3. The van der Waals surface area contributed by atoms with Gasteiger partial charge in [-0.2, -0.15) is 13.2 Å². The number of carbonyl (C=O) groups is 1. The van der Waals surface area contributed by atoms with Gasteiger partial charge in [0.25, 0.3) is 0 Å². The Morgan fingerprint density at radius 1 is 1.16 bits per heavy atom. The maximum absolute atomic E-state index is 12.5. The molecule has 1 aromatic carbocycles. The van der Waals surface area contributed by atoms with E-state index >= 15 is 0 Å². The van der Waals surface area contributed by atoms with Crippen molar-refractivity contribution in [3.05, 3.63) is 41.4 Å². The number of alkyl halides is 3. The third-order valence-corrected chi connectivity index (χ3v) is 4.93. The zero-order valence-electron chi connectivity index (χ0n) is 13.3. The molecule has 1 fully saturated rings. The van der Waals surface area contributed by atoms with E-state index in [0.29, 0.717) is 24.4 Å². The quantitative estimate of drug-likeness (QED) is 0.899. The molecule has 1 saturated heterocycles. The van der Waals surface area contributed by atoms with E-state index in [-0.39, 0.29) is 17.6 Å². The van der Waals surface area contributed by atoms with Gasteiger partial charge >= 0.3 is 6.18 Å². The lowest BCUT2D eigenvalue weighted by molar-refractivity contribution is -0.134. The van der Waals surface area contributed by atoms with Crippen molar-refractivity contribution in [2.75, 3.05) is 42.9 Å². The molecule has 1 aliphatic rings. The number of hydrogen-bond acceptors (Lipinski definition) is 5. The number of anilines is 2. The van der Waals surface area contributed by atoms with E-state index in [9.17, 15) is 18.0 Å². The summed E-state index contributed by atoms with van der Waals surface area (Å²) in [4.78, 5) is 19.0. The summed E-state index contributed by atoms with van der Waals surface area (Å²) in [5.41, 5.74) is 1.12. The average Bonchev–Trinajstić information content (AvgIpc) is 3.10. The van der Waals surface area contributed by atoms with Crippen LogP contribution in [0.15, 0.2) is 36.5 Å². The second-order valence-electron chi connectivity index (χ2n) is 5.58. The molecule has 25 heavy (non-hydrogen) atoms. The molecule has 2 heterocycles. The molecule has 5 nitrogen and oxygen atoms in total. The van der Waals surface area contributed by atoms with Gasteiger partial charge in [0.05, 0.1) is 12.7 Å². The molecule has 0 spiro atoms. The smallest absolute Gasteiger partial charge is 0.368 e. The summed E-state index contributed by atoms with van der Waals surface area (Å²) in [6, 6.07) is 9.96. The van der Waals surface area contributed by atoms with Gasteiger partial charge in [0, 0.05) is 31.9 Å². The molecule has 1 aromatic heterocycles. The number of nitrogens with one attached hydrogen (secondary N) is 1. The second-order valence-corrected chi connectivity index (χ2v) is 6.62. The number of nitrogens with zero attached hydrogens (tertiary/aromatic N) is 3. The molecule has 2 aromatic rings. The number of para-hydroxylation sites is 1. The van der Waals surface area contributed by atoms with Crippen LogP contribution in [-0.2, 0) is 11.0 Å². The first-order valence-electron chi connectivity index (χ1n) is 7.78. The fourth-order valence-corrected chi connectivity index (χ4v) is 3.28. The molecular weight excluding hydrogens is 353 g/mol. The molecule has 9 heteroatoms. The van der Waals surface area contributed by atoms with Crippen molar-refractivity contribution in [1.82, 2.24) is 9.88 Å². The van der Waals surface area contributed by atoms with E-state index in [1.54, 1.807) is 4.90 Å². The van der Waals surface area contributed by atoms with Gasteiger partial charge in [-0.15, -0.1) is 0 Å². The summed E-state index contributed by atoms with van der Waals surface area (Å²) in [5.74, 6) is -0.142. The summed E-state index contributed by atoms with van der Waals surface area (Å²) in [6.45, 7) is 2.56. The van der Waals surface area contributed by atoms with Crippen LogP contribution in [-0.4, -0.2) is 48.5 Å². The molecule has 134 valence electrons. The number of amides is 1. The average molecular weight is 370 g/mol. The molecule has 0 saturated carbocycles. The Morgan fingerprint density at radius 3 is 2.44 bits per heavy atom. The van der Waals surface area contributed by atoms with E-state index in [0.717, 1.165) is 25.0 Å². The molecule has 0 aliphatic carbocycles. The number of hydrogen-bond donors (Lipinski definition) is 1. The Kier molecular flexibility index (Phi) is 5.12. The normalized spacial score (nSPS) is 15.3. The summed E-state index contributed by atoms with van der Waals surface area (Å²) in [7, 11) is 0. The Bertz CT molecular complexity index is 712.